The average Bonchev–Trinajstić information content (AvgIpc) is 3.34. The number of benzene rings is 1. The Balaban J connectivity index is 1.53. The number of ether oxygens (including phenoxy) is 1. The summed E-state index contributed by atoms with van der Waals surface area (Å²) in [6.45, 7) is 10.9. The maximum atomic E-state index is 13.8. The molecule has 1 fully saturated rings. The third-order valence-corrected chi connectivity index (χ3v) is 11.8. The molecule has 1 N–H and O–H groups in total. The molecule has 5 heterocycles. The molecule has 1 unspecified atom stereocenters. The predicted octanol–water partition coefficient (Wildman–Crippen LogP) is 0.595. The van der Waals surface area contributed by atoms with Crippen molar-refractivity contribution in [2.75, 3.05) is 37.7 Å². The quantitative estimate of drug-likeness (QED) is 0.156. The number of carbonyl (C=O) groups excluding carboxylic acids is 1. The number of esters is 1. The standard InChI is InChI=1S/C30H35I2N4O6/c1-5-30(39)22-11-24-27-20(15-36(24)28(37)21(22)16-40-29(30)38)19(14-35-8-6-34(4)7-9-35)18-10-25(41-31)26(12-23(18)33-27)42-32-13-17(2)3/h10-12,17,39H,5-9,13-16H2,1-4H3/q-1. The van der Waals surface area contributed by atoms with Crippen molar-refractivity contribution in [3.8, 4) is 22.9 Å². The summed E-state index contributed by atoms with van der Waals surface area (Å²) < 4.78 is 20.0. The summed E-state index contributed by atoms with van der Waals surface area (Å²) in [6, 6.07) is 5.75. The Kier molecular flexibility index (Phi) is 8.45. The molecule has 0 aliphatic carbocycles. The fraction of sp³-hybridized carbons (Fsp3) is 0.500. The molecule has 0 spiro atoms. The summed E-state index contributed by atoms with van der Waals surface area (Å²) in [5, 5.41) is 12.3. The van der Waals surface area contributed by atoms with Gasteiger partial charge in [-0.15, -0.1) is 0 Å². The van der Waals surface area contributed by atoms with Gasteiger partial charge in [0, 0.05) is 0 Å². The average molecular weight is 801 g/mol. The van der Waals surface area contributed by atoms with Gasteiger partial charge in [0.15, 0.2) is 0 Å². The summed E-state index contributed by atoms with van der Waals surface area (Å²) in [6.07, 6.45) is 0.105. The number of aromatic nitrogens is 2. The first kappa shape index (κ1) is 30.0. The van der Waals surface area contributed by atoms with Crippen LogP contribution in [0, 0.1) is 5.92 Å². The number of piperazine rings is 1. The number of aliphatic hydroxyl groups is 1. The van der Waals surface area contributed by atoms with E-state index in [9.17, 15) is 14.7 Å². The van der Waals surface area contributed by atoms with E-state index < -0.39 is 33.2 Å². The Bertz CT molecular complexity index is 1620. The molecule has 1 atom stereocenters. The number of carbonyl (C=O) groups is 1. The summed E-state index contributed by atoms with van der Waals surface area (Å²) >= 11 is 1.39. The number of pyridine rings is 2. The molecule has 0 amide bonds. The molecule has 3 aromatic rings. The van der Waals surface area contributed by atoms with Crippen molar-refractivity contribution >= 4 is 39.9 Å². The van der Waals surface area contributed by atoms with Crippen LogP contribution in [0.4, 0.5) is 0 Å². The van der Waals surface area contributed by atoms with Crippen molar-refractivity contribution in [2.24, 2.45) is 5.92 Å². The number of nitrogens with zero attached hydrogens (tertiary/aromatic N) is 4. The zero-order valence-electron chi connectivity index (χ0n) is 24.2. The van der Waals surface area contributed by atoms with Crippen molar-refractivity contribution < 1.29 is 42.4 Å². The second-order valence-electron chi connectivity index (χ2n) is 11.7. The molecule has 226 valence electrons. The first-order valence-corrected chi connectivity index (χ1v) is 17.6. The van der Waals surface area contributed by atoms with E-state index in [4.69, 9.17) is 15.9 Å². The van der Waals surface area contributed by atoms with Gasteiger partial charge in [-0.3, -0.25) is 0 Å². The molecular formula is C30H35I2N4O6-. The van der Waals surface area contributed by atoms with Crippen LogP contribution in [0.1, 0.15) is 49.4 Å². The van der Waals surface area contributed by atoms with Gasteiger partial charge in [-0.25, -0.2) is 0 Å². The van der Waals surface area contributed by atoms with Gasteiger partial charge in [-0.05, 0) is 0 Å². The van der Waals surface area contributed by atoms with Crippen molar-refractivity contribution in [2.45, 2.75) is 52.5 Å². The molecule has 1 saturated heterocycles. The minimum atomic E-state index is -1.86. The molecule has 2 aromatic heterocycles. The van der Waals surface area contributed by atoms with Crippen LogP contribution in [0.25, 0.3) is 22.3 Å². The normalized spacial score (nSPS) is 20.5. The van der Waals surface area contributed by atoms with Crippen molar-refractivity contribution in [3.05, 3.63) is 50.8 Å². The Morgan fingerprint density at radius 3 is 2.60 bits per heavy atom. The summed E-state index contributed by atoms with van der Waals surface area (Å²) in [7, 11) is 2.14. The molecule has 0 radical (unpaired) electrons. The van der Waals surface area contributed by atoms with Crippen LogP contribution >= 0.6 is 23.0 Å². The monoisotopic (exact) mass is 801 g/mol. The zero-order chi connectivity index (χ0) is 29.8. The second kappa shape index (κ2) is 11.8. The molecule has 3 aliphatic rings. The number of halogens is 2. The van der Waals surface area contributed by atoms with Gasteiger partial charge >= 0.3 is 271 Å². The van der Waals surface area contributed by atoms with E-state index in [0.717, 1.165) is 52.6 Å². The molecular weight excluding hydrogens is 766 g/mol. The molecule has 10 nitrogen and oxygen atoms in total. The van der Waals surface area contributed by atoms with Crippen LogP contribution in [0.2, 0.25) is 0 Å². The first-order valence-electron chi connectivity index (χ1n) is 14.3. The van der Waals surface area contributed by atoms with Gasteiger partial charge in [0.05, 0.1) is 0 Å². The van der Waals surface area contributed by atoms with Crippen LogP contribution in [-0.4, -0.2) is 68.1 Å². The maximum absolute atomic E-state index is 13.8. The van der Waals surface area contributed by atoms with Crippen LogP contribution in [0.3, 0.4) is 0 Å². The Labute approximate surface area is 269 Å². The SMILES string of the molecule is CCC1(O)C(=O)OCc2c1cc1n(c2=O)Cc2c-1nc1cc(O[I-]CC(C)C)c(OI)cc1c2CN1CCN(C)CC1. The van der Waals surface area contributed by atoms with Gasteiger partial charge in [-0.2, -0.15) is 0 Å². The van der Waals surface area contributed by atoms with Crippen molar-refractivity contribution in [1.82, 2.24) is 19.4 Å². The third-order valence-electron chi connectivity index (χ3n) is 8.44. The van der Waals surface area contributed by atoms with Gasteiger partial charge in [0.25, 0.3) is 0 Å². The number of alkyl halides is 1. The van der Waals surface area contributed by atoms with E-state index in [1.54, 1.807) is 17.6 Å². The van der Waals surface area contributed by atoms with E-state index in [1.165, 1.54) is 0 Å². The topological polar surface area (TPSA) is 106 Å². The van der Waals surface area contributed by atoms with E-state index in [2.05, 4.69) is 30.7 Å². The van der Waals surface area contributed by atoms with Gasteiger partial charge in [0.1, 0.15) is 0 Å². The molecule has 3 aliphatic heterocycles. The first-order chi connectivity index (χ1) is 20.1. The fourth-order valence-electron chi connectivity index (χ4n) is 5.92. The third kappa shape index (κ3) is 5.20. The van der Waals surface area contributed by atoms with Crippen LogP contribution in [-0.2, 0) is 34.8 Å². The van der Waals surface area contributed by atoms with Crippen LogP contribution < -0.4 is 33.3 Å². The number of hydrogen-bond acceptors (Lipinski definition) is 9. The Hall–Kier alpha value is -2.01. The van der Waals surface area contributed by atoms with Crippen LogP contribution in [0.5, 0.6) is 11.5 Å². The van der Waals surface area contributed by atoms with E-state index in [0.29, 0.717) is 53.0 Å². The zero-order valence-corrected chi connectivity index (χ0v) is 28.5. The number of cyclic esters (lactones) is 1. The summed E-state index contributed by atoms with van der Waals surface area (Å²) in [4.78, 5) is 36.3. The molecule has 42 heavy (non-hydrogen) atoms. The molecule has 12 heteroatoms. The van der Waals surface area contributed by atoms with Crippen molar-refractivity contribution in [3.63, 3.8) is 0 Å². The number of likely N-dealkylation sites (N-methyl/N-ethyl adjacent to an activating group) is 1. The summed E-state index contributed by atoms with van der Waals surface area (Å²) in [5.41, 5.74) is 2.70. The summed E-state index contributed by atoms with van der Waals surface area (Å²) in [5.74, 6) is 1.17. The Morgan fingerprint density at radius 1 is 1.14 bits per heavy atom. The molecule has 6 rings (SSSR count). The predicted molar refractivity (Wildman–Crippen MR) is 162 cm³/mol. The van der Waals surface area contributed by atoms with E-state index in [-0.39, 0.29) is 18.6 Å². The van der Waals surface area contributed by atoms with Gasteiger partial charge in [0.2, 0.25) is 0 Å². The van der Waals surface area contributed by atoms with E-state index in [1.807, 2.05) is 35.1 Å². The molecule has 1 aromatic carbocycles. The second-order valence-corrected chi connectivity index (χ2v) is 14.1. The fourth-order valence-corrected chi connectivity index (χ4v) is 7.84. The van der Waals surface area contributed by atoms with E-state index >= 15 is 0 Å². The molecule has 0 bridgehead atoms. The van der Waals surface area contributed by atoms with Crippen LogP contribution in [0.15, 0.2) is 23.0 Å². The van der Waals surface area contributed by atoms with Gasteiger partial charge < -0.3 is 0 Å². The molecule has 0 saturated carbocycles. The minimum absolute atomic E-state index is 0.105. The Morgan fingerprint density at radius 2 is 1.90 bits per heavy atom. The van der Waals surface area contributed by atoms with Gasteiger partial charge in [-0.1, -0.05) is 0 Å². The number of fused-ring (bicyclic) bond motifs is 5. The van der Waals surface area contributed by atoms with Crippen molar-refractivity contribution in [1.29, 1.82) is 0 Å². The number of hydrogen-bond donors (Lipinski definition) is 1. The number of rotatable bonds is 8.